The normalized spacial score (nSPS) is 12.2. The molecule has 0 radical (unpaired) electrons. The topological polar surface area (TPSA) is 108 Å². The highest BCUT2D eigenvalue weighted by Gasteiger charge is 2.21. The van der Waals surface area contributed by atoms with Gasteiger partial charge in [0.15, 0.2) is 0 Å². The molecule has 1 unspecified atom stereocenters. The second-order valence-corrected chi connectivity index (χ2v) is 6.12. The molecule has 0 bridgehead atoms. The summed E-state index contributed by atoms with van der Waals surface area (Å²) in [6, 6.07) is 1.39. The molecule has 0 aromatic carbocycles. The van der Waals surface area contributed by atoms with Crippen molar-refractivity contribution < 1.29 is 9.72 Å². The number of amides is 1. The van der Waals surface area contributed by atoms with Crippen molar-refractivity contribution >= 4 is 27.7 Å². The number of aryl methyl sites for hydroxylation is 2. The summed E-state index contributed by atoms with van der Waals surface area (Å²) in [7, 11) is 1.79. The summed E-state index contributed by atoms with van der Waals surface area (Å²) in [4.78, 5) is 22.4. The largest absolute Gasteiger partial charge is 0.390 e. The average molecular weight is 385 g/mol. The molecule has 0 saturated heterocycles. The van der Waals surface area contributed by atoms with Crippen molar-refractivity contribution in [1.29, 1.82) is 0 Å². The van der Waals surface area contributed by atoms with Gasteiger partial charge in [-0.1, -0.05) is 6.92 Å². The number of nitro groups is 1. The van der Waals surface area contributed by atoms with E-state index >= 15 is 0 Å². The third-order valence-electron chi connectivity index (χ3n) is 3.49. The number of rotatable bonds is 6. The maximum Gasteiger partial charge on any atom is 0.390 e. The Morgan fingerprint density at radius 1 is 1.57 bits per heavy atom. The van der Waals surface area contributed by atoms with Gasteiger partial charge in [-0.3, -0.25) is 9.48 Å². The zero-order chi connectivity index (χ0) is 17.1. The predicted molar refractivity (Wildman–Crippen MR) is 85.5 cm³/mol. The van der Waals surface area contributed by atoms with Gasteiger partial charge < -0.3 is 15.4 Å². The molecule has 124 valence electrons. The van der Waals surface area contributed by atoms with E-state index < -0.39 is 4.92 Å². The van der Waals surface area contributed by atoms with Crippen LogP contribution >= 0.6 is 15.9 Å². The minimum Gasteiger partial charge on any atom is -0.358 e. The zero-order valence-corrected chi connectivity index (χ0v) is 14.6. The molecule has 0 spiro atoms. The minimum atomic E-state index is -0.547. The summed E-state index contributed by atoms with van der Waals surface area (Å²) in [5, 5.41) is 21.5. The summed E-state index contributed by atoms with van der Waals surface area (Å²) < 4.78 is 3.98. The molecule has 0 aliphatic heterocycles. The van der Waals surface area contributed by atoms with Gasteiger partial charge in [0.2, 0.25) is 5.91 Å². The standard InChI is InChI=1S/C13H17BrN6O3/c1-8(7-19-9(2)4-12(17-19)20(22)23)13(21)15-6-11-10(14)5-16-18(11)3/h4-5,8H,6-7H2,1-3H3,(H,15,21). The van der Waals surface area contributed by atoms with E-state index in [2.05, 4.69) is 31.4 Å². The minimum absolute atomic E-state index is 0.157. The maximum atomic E-state index is 12.2. The van der Waals surface area contributed by atoms with Crippen molar-refractivity contribution in [3.05, 3.63) is 38.2 Å². The summed E-state index contributed by atoms with van der Waals surface area (Å²) in [6.07, 6.45) is 1.66. The molecule has 2 rings (SSSR count). The first-order valence-electron chi connectivity index (χ1n) is 6.92. The summed E-state index contributed by atoms with van der Waals surface area (Å²) in [5.41, 5.74) is 1.50. The second kappa shape index (κ2) is 6.90. The van der Waals surface area contributed by atoms with Crippen LogP contribution in [0.25, 0.3) is 0 Å². The Morgan fingerprint density at radius 2 is 2.26 bits per heavy atom. The lowest BCUT2D eigenvalue weighted by atomic mass is 10.1. The fourth-order valence-electron chi connectivity index (χ4n) is 2.09. The number of carbonyl (C=O) groups is 1. The van der Waals surface area contributed by atoms with E-state index in [9.17, 15) is 14.9 Å². The van der Waals surface area contributed by atoms with Gasteiger partial charge >= 0.3 is 5.82 Å². The number of carbonyl (C=O) groups excluding carboxylic acids is 1. The van der Waals surface area contributed by atoms with E-state index in [0.29, 0.717) is 12.2 Å². The first-order valence-corrected chi connectivity index (χ1v) is 7.71. The number of halogens is 1. The fraction of sp³-hybridized carbons (Fsp3) is 0.462. The lowest BCUT2D eigenvalue weighted by Gasteiger charge is -2.12. The Labute approximate surface area is 140 Å². The highest BCUT2D eigenvalue weighted by molar-refractivity contribution is 9.10. The number of nitrogens with one attached hydrogen (secondary N) is 1. The van der Waals surface area contributed by atoms with Gasteiger partial charge in [0, 0.05) is 7.05 Å². The maximum absolute atomic E-state index is 12.2. The third kappa shape index (κ3) is 3.95. The molecular formula is C13H17BrN6O3. The quantitative estimate of drug-likeness (QED) is 0.600. The fourth-order valence-corrected chi connectivity index (χ4v) is 2.58. The van der Waals surface area contributed by atoms with Crippen molar-refractivity contribution in [3.8, 4) is 0 Å². The molecule has 2 aromatic rings. The highest BCUT2D eigenvalue weighted by atomic mass is 79.9. The van der Waals surface area contributed by atoms with Gasteiger partial charge in [-0.2, -0.15) is 9.78 Å². The van der Waals surface area contributed by atoms with Crippen molar-refractivity contribution in [3.63, 3.8) is 0 Å². The van der Waals surface area contributed by atoms with Crippen LogP contribution in [0, 0.1) is 23.0 Å². The Balaban J connectivity index is 1.96. The van der Waals surface area contributed by atoms with Crippen LogP contribution in [-0.4, -0.2) is 30.4 Å². The van der Waals surface area contributed by atoms with Gasteiger partial charge in [0.25, 0.3) is 0 Å². The molecule has 23 heavy (non-hydrogen) atoms. The molecule has 0 aliphatic rings. The van der Waals surface area contributed by atoms with E-state index in [0.717, 1.165) is 10.2 Å². The molecule has 10 heteroatoms. The number of hydrogen-bond acceptors (Lipinski definition) is 5. The van der Waals surface area contributed by atoms with E-state index in [1.807, 2.05) is 0 Å². The van der Waals surface area contributed by atoms with E-state index in [1.165, 1.54) is 10.7 Å². The van der Waals surface area contributed by atoms with Gasteiger partial charge in [-0.15, -0.1) is 0 Å². The first-order chi connectivity index (χ1) is 10.8. The van der Waals surface area contributed by atoms with E-state index in [1.54, 1.807) is 31.8 Å². The molecule has 1 amide bonds. The molecular weight excluding hydrogens is 368 g/mol. The van der Waals surface area contributed by atoms with Crippen LogP contribution in [0.2, 0.25) is 0 Å². The van der Waals surface area contributed by atoms with Crippen molar-refractivity contribution in [2.75, 3.05) is 0 Å². The molecule has 1 atom stereocenters. The summed E-state index contributed by atoms with van der Waals surface area (Å²) >= 11 is 3.37. The summed E-state index contributed by atoms with van der Waals surface area (Å²) in [5.74, 6) is -0.746. The average Bonchev–Trinajstić information content (AvgIpc) is 3.00. The van der Waals surface area contributed by atoms with Crippen LogP contribution in [0.4, 0.5) is 5.82 Å². The van der Waals surface area contributed by atoms with Crippen molar-refractivity contribution in [1.82, 2.24) is 24.9 Å². The Morgan fingerprint density at radius 3 is 2.78 bits per heavy atom. The SMILES string of the molecule is Cc1cc([N+](=O)[O-])nn1CC(C)C(=O)NCc1c(Br)cnn1C. The predicted octanol–water partition coefficient (Wildman–Crippen LogP) is 1.55. The molecule has 0 saturated carbocycles. The molecule has 2 aromatic heterocycles. The Hall–Kier alpha value is -2.23. The molecule has 0 fully saturated rings. The lowest BCUT2D eigenvalue weighted by molar-refractivity contribution is -0.389. The lowest BCUT2D eigenvalue weighted by Crippen LogP contribution is -2.32. The number of nitrogens with zero attached hydrogens (tertiary/aromatic N) is 5. The zero-order valence-electron chi connectivity index (χ0n) is 13.0. The van der Waals surface area contributed by atoms with Gasteiger partial charge in [0.05, 0.1) is 52.2 Å². The van der Waals surface area contributed by atoms with E-state index in [-0.39, 0.29) is 24.2 Å². The van der Waals surface area contributed by atoms with Crippen LogP contribution in [0.15, 0.2) is 16.7 Å². The Bertz CT molecular complexity index is 719. The third-order valence-corrected chi connectivity index (χ3v) is 4.15. The smallest absolute Gasteiger partial charge is 0.358 e. The highest BCUT2D eigenvalue weighted by Crippen LogP contribution is 2.15. The van der Waals surface area contributed by atoms with Gasteiger partial charge in [-0.05, 0) is 27.8 Å². The van der Waals surface area contributed by atoms with Crippen LogP contribution in [0.5, 0.6) is 0 Å². The Kier molecular flexibility index (Phi) is 5.14. The van der Waals surface area contributed by atoms with Crippen molar-refractivity contribution in [2.24, 2.45) is 13.0 Å². The van der Waals surface area contributed by atoms with Gasteiger partial charge in [-0.25, -0.2) is 0 Å². The number of aromatic nitrogens is 4. The van der Waals surface area contributed by atoms with E-state index in [4.69, 9.17) is 0 Å². The second-order valence-electron chi connectivity index (χ2n) is 5.26. The van der Waals surface area contributed by atoms with Gasteiger partial charge in [0.1, 0.15) is 0 Å². The number of hydrogen-bond donors (Lipinski definition) is 1. The molecule has 2 heterocycles. The van der Waals surface area contributed by atoms with Crippen molar-refractivity contribution in [2.45, 2.75) is 26.9 Å². The molecule has 1 N–H and O–H groups in total. The monoisotopic (exact) mass is 384 g/mol. The van der Waals surface area contributed by atoms with Crippen LogP contribution in [0.3, 0.4) is 0 Å². The first kappa shape index (κ1) is 17.1. The summed E-state index contributed by atoms with van der Waals surface area (Å²) in [6.45, 7) is 4.09. The molecule has 9 nitrogen and oxygen atoms in total. The van der Waals surface area contributed by atoms with Crippen LogP contribution in [-0.2, 0) is 24.9 Å². The molecule has 0 aliphatic carbocycles. The van der Waals surface area contributed by atoms with Crippen LogP contribution < -0.4 is 5.32 Å². The van der Waals surface area contributed by atoms with Crippen LogP contribution in [0.1, 0.15) is 18.3 Å².